The van der Waals surface area contributed by atoms with Gasteiger partial charge in [-0.1, -0.05) is 23.7 Å². The second kappa shape index (κ2) is 15.9. The number of hydrogen-bond acceptors (Lipinski definition) is 7. The highest BCUT2D eigenvalue weighted by molar-refractivity contribution is 6.30. The lowest BCUT2D eigenvalue weighted by molar-refractivity contribution is 0.0367. The lowest BCUT2D eigenvalue weighted by Crippen LogP contribution is -2.33. The predicted octanol–water partition coefficient (Wildman–Crippen LogP) is 8.50. The third-order valence-electron chi connectivity index (χ3n) is 9.67. The summed E-state index contributed by atoms with van der Waals surface area (Å²) in [6.07, 6.45) is 0.399. The maximum atomic E-state index is 14.2. The highest BCUT2D eigenvalue weighted by Gasteiger charge is 2.24. The van der Waals surface area contributed by atoms with E-state index in [0.29, 0.717) is 50.9 Å². The summed E-state index contributed by atoms with van der Waals surface area (Å²) in [7, 11) is 1.96. The fourth-order valence-electron chi connectivity index (χ4n) is 6.54. The first kappa shape index (κ1) is 36.4. The van der Waals surface area contributed by atoms with Crippen LogP contribution in [0.15, 0.2) is 66.7 Å². The van der Waals surface area contributed by atoms with Crippen LogP contribution in [0.1, 0.15) is 70.3 Å². The zero-order chi connectivity index (χ0) is 37.1. The normalized spacial score (nSPS) is 15.0. The maximum Gasteiger partial charge on any atom is 0.280 e. The highest BCUT2D eigenvalue weighted by atomic mass is 35.5. The van der Waals surface area contributed by atoms with Gasteiger partial charge in [-0.15, -0.1) is 0 Å². The molecule has 8 rings (SSSR count). The van der Waals surface area contributed by atoms with Gasteiger partial charge >= 0.3 is 0 Å². The van der Waals surface area contributed by atoms with Crippen LogP contribution >= 0.6 is 11.6 Å². The summed E-state index contributed by atoms with van der Waals surface area (Å²) in [4.78, 5) is 25.1. The lowest BCUT2D eigenvalue weighted by atomic mass is 9.93. The Kier molecular flexibility index (Phi) is 10.9. The Morgan fingerprint density at radius 1 is 1.08 bits per heavy atom. The monoisotopic (exact) mass is 745 g/mol. The summed E-state index contributed by atoms with van der Waals surface area (Å²) < 4.78 is 53.6. The third-order valence-corrected chi connectivity index (χ3v) is 9.91. The maximum absolute atomic E-state index is 14.2. The Bertz CT molecular complexity index is 2240. The molecule has 0 spiro atoms. The molecule has 0 unspecified atom stereocenters. The van der Waals surface area contributed by atoms with Crippen molar-refractivity contribution in [2.45, 2.75) is 51.7 Å². The number of carbonyl (C=O) groups excluding carboxylic acids is 1. The Hall–Kier alpha value is -4.98. The molecular weight excluding hydrogens is 707 g/mol. The van der Waals surface area contributed by atoms with Crippen molar-refractivity contribution in [3.05, 3.63) is 111 Å². The Morgan fingerprint density at radius 2 is 1.85 bits per heavy atom. The fourth-order valence-corrected chi connectivity index (χ4v) is 6.70. The first-order valence-corrected chi connectivity index (χ1v) is 17.9. The molecule has 1 amide bonds. The highest BCUT2D eigenvalue weighted by Crippen LogP contribution is 2.31. The predicted molar refractivity (Wildman–Crippen MR) is 197 cm³/mol. The average Bonchev–Trinajstić information content (AvgIpc) is 3.68. The van der Waals surface area contributed by atoms with E-state index in [0.717, 1.165) is 56.2 Å². The number of ether oxygens (including phenoxy) is 2. The second-order valence-electron chi connectivity index (χ2n) is 13.3. The number of H-pyrrole nitrogens is 1. The molecule has 6 aromatic rings. The van der Waals surface area contributed by atoms with Crippen LogP contribution in [0.4, 0.5) is 18.9 Å². The van der Waals surface area contributed by atoms with Crippen molar-refractivity contribution < 1.29 is 27.4 Å². The second-order valence-corrected chi connectivity index (χ2v) is 13.7. The minimum absolute atomic E-state index is 0.0639. The van der Waals surface area contributed by atoms with Gasteiger partial charge < -0.3 is 19.4 Å². The number of aromatic nitrogens is 5. The van der Waals surface area contributed by atoms with Gasteiger partial charge in [0.05, 0.1) is 23.1 Å². The standard InChI is InChI=1S/C36H33ClF3N7O2.C3H6O/c1-20-14-25(17-26-33(20)44-45-34(26)35(39)40)41-36(48)22-7-9-30-29(15-22)42-31(46(30)2)18-47-12-10-21(11-13-47)28-4-3-5-32(43-28)49-19-23-6-8-24(37)16-27(23)38;1-2-4-3-1/h3-9,14-17,21,35H,10-13,18-19H2,1-2H3,(H,41,48)(H,44,45);1-3H2. The summed E-state index contributed by atoms with van der Waals surface area (Å²) in [5.74, 6) is 0.837. The molecule has 0 aliphatic carbocycles. The quantitative estimate of drug-likeness (QED) is 0.153. The number of carbonyl (C=O) groups is 1. The molecule has 53 heavy (non-hydrogen) atoms. The Balaban J connectivity index is 0.00000102. The van der Waals surface area contributed by atoms with E-state index in [1.807, 2.05) is 29.8 Å². The molecule has 0 saturated carbocycles. The SMILES string of the molecule is C1COC1.Cc1cc(NC(=O)c2ccc3c(c2)nc(CN2CCC(c4cccc(OCc5ccc(Cl)cc5F)n4)CC2)n3C)cc2c(C(F)F)[nH]nc12. The molecule has 0 radical (unpaired) electrons. The zero-order valence-corrected chi connectivity index (χ0v) is 30.1. The molecule has 2 aliphatic heterocycles. The average molecular weight is 746 g/mol. The number of anilines is 1. The number of aryl methyl sites for hydroxylation is 2. The summed E-state index contributed by atoms with van der Waals surface area (Å²) in [5, 5.41) is 9.85. The van der Waals surface area contributed by atoms with E-state index in [4.69, 9.17) is 31.0 Å². The van der Waals surface area contributed by atoms with Crippen molar-refractivity contribution in [3.63, 3.8) is 0 Å². The van der Waals surface area contributed by atoms with Gasteiger partial charge in [0.15, 0.2) is 0 Å². The summed E-state index contributed by atoms with van der Waals surface area (Å²) in [6.45, 7) is 6.20. The van der Waals surface area contributed by atoms with Crippen molar-refractivity contribution in [3.8, 4) is 5.88 Å². The third kappa shape index (κ3) is 8.32. The number of likely N-dealkylation sites (tertiary alicyclic amines) is 1. The number of halogens is 4. The van der Waals surface area contributed by atoms with Gasteiger partial charge in [-0.3, -0.25) is 14.8 Å². The molecule has 3 aromatic heterocycles. The van der Waals surface area contributed by atoms with Crippen LogP contribution in [0.5, 0.6) is 5.88 Å². The zero-order valence-electron chi connectivity index (χ0n) is 29.3. The number of fused-ring (bicyclic) bond motifs is 2. The van der Waals surface area contributed by atoms with Crippen LogP contribution < -0.4 is 10.1 Å². The molecule has 276 valence electrons. The molecular formula is C39H39ClF3N7O3. The number of nitrogens with one attached hydrogen (secondary N) is 2. The Labute approximate surface area is 309 Å². The van der Waals surface area contributed by atoms with E-state index in [9.17, 15) is 18.0 Å². The van der Waals surface area contributed by atoms with Crippen molar-refractivity contribution in [2.24, 2.45) is 7.05 Å². The largest absolute Gasteiger partial charge is 0.473 e. The van der Waals surface area contributed by atoms with E-state index in [1.54, 1.807) is 43.3 Å². The van der Waals surface area contributed by atoms with Crippen LogP contribution in [0.25, 0.3) is 21.9 Å². The first-order valence-electron chi connectivity index (χ1n) is 17.5. The molecule has 0 bridgehead atoms. The van der Waals surface area contributed by atoms with E-state index in [-0.39, 0.29) is 29.5 Å². The van der Waals surface area contributed by atoms with Gasteiger partial charge in [0, 0.05) is 65.2 Å². The van der Waals surface area contributed by atoms with Crippen LogP contribution in [-0.2, 0) is 24.9 Å². The minimum Gasteiger partial charge on any atom is -0.473 e. The number of aromatic amines is 1. The van der Waals surface area contributed by atoms with Crippen molar-refractivity contribution >= 4 is 45.1 Å². The van der Waals surface area contributed by atoms with Gasteiger partial charge in [0.1, 0.15) is 23.9 Å². The van der Waals surface area contributed by atoms with Crippen LogP contribution in [0.2, 0.25) is 5.02 Å². The Morgan fingerprint density at radius 3 is 2.57 bits per heavy atom. The fraction of sp³-hybridized carbons (Fsp3) is 0.333. The van der Waals surface area contributed by atoms with E-state index in [1.165, 1.54) is 18.6 Å². The van der Waals surface area contributed by atoms with Gasteiger partial charge in [0.25, 0.3) is 12.3 Å². The summed E-state index contributed by atoms with van der Waals surface area (Å²) >= 11 is 5.85. The molecule has 2 saturated heterocycles. The van der Waals surface area contributed by atoms with Gasteiger partial charge in [-0.05, 0) is 93.4 Å². The van der Waals surface area contributed by atoms with Crippen LogP contribution in [0.3, 0.4) is 0 Å². The molecule has 2 aliphatic rings. The van der Waals surface area contributed by atoms with Crippen molar-refractivity contribution in [1.82, 2.24) is 29.6 Å². The number of benzene rings is 3. The topological polar surface area (TPSA) is 110 Å². The van der Waals surface area contributed by atoms with E-state index < -0.39 is 12.2 Å². The minimum atomic E-state index is -2.71. The van der Waals surface area contributed by atoms with E-state index in [2.05, 4.69) is 20.4 Å². The first-order chi connectivity index (χ1) is 25.6. The molecule has 10 nitrogen and oxygen atoms in total. The number of alkyl halides is 2. The number of nitrogens with zero attached hydrogens (tertiary/aromatic N) is 5. The van der Waals surface area contributed by atoms with Gasteiger partial charge in [0.2, 0.25) is 5.88 Å². The summed E-state index contributed by atoms with van der Waals surface area (Å²) in [6, 6.07) is 18.8. The molecule has 2 fully saturated rings. The van der Waals surface area contributed by atoms with E-state index >= 15 is 0 Å². The lowest BCUT2D eigenvalue weighted by Gasteiger charge is -2.31. The van der Waals surface area contributed by atoms with Gasteiger partial charge in [-0.25, -0.2) is 23.1 Å². The number of hydrogen-bond donors (Lipinski definition) is 2. The van der Waals surface area contributed by atoms with Crippen molar-refractivity contribution in [2.75, 3.05) is 31.6 Å². The van der Waals surface area contributed by atoms with Crippen molar-refractivity contribution in [1.29, 1.82) is 0 Å². The molecule has 5 heterocycles. The van der Waals surface area contributed by atoms with Crippen LogP contribution in [0, 0.1) is 12.7 Å². The smallest absolute Gasteiger partial charge is 0.280 e. The molecule has 3 aromatic carbocycles. The van der Waals surface area contributed by atoms with Gasteiger partial charge in [-0.2, -0.15) is 5.10 Å². The molecule has 2 N–H and O–H groups in total. The number of imidazole rings is 1. The number of rotatable bonds is 9. The van der Waals surface area contributed by atoms with Crippen LogP contribution in [-0.4, -0.2) is 61.8 Å². The number of piperidine rings is 1. The summed E-state index contributed by atoms with van der Waals surface area (Å²) in [5.41, 5.74) is 4.63. The molecule has 14 heteroatoms. The number of amides is 1. The molecule has 0 atom stereocenters. The number of pyridine rings is 1.